The molecule has 2 aromatic carbocycles. The smallest absolute Gasteiger partial charge is 0.328 e. The van der Waals surface area contributed by atoms with E-state index in [1.807, 2.05) is 32.9 Å². The molecule has 3 amide bonds. The van der Waals surface area contributed by atoms with Crippen LogP contribution in [0, 0.1) is 20.8 Å². The van der Waals surface area contributed by atoms with E-state index in [1.165, 1.54) is 6.07 Å². The van der Waals surface area contributed by atoms with Gasteiger partial charge in [-0.1, -0.05) is 29.8 Å². The maximum absolute atomic E-state index is 12.9. The minimum atomic E-state index is -1.27. The average Bonchev–Trinajstić information content (AvgIpc) is 2.67. The minimum absolute atomic E-state index is 0.138. The van der Waals surface area contributed by atoms with Crippen LogP contribution in [0.3, 0.4) is 0 Å². The van der Waals surface area contributed by atoms with Gasteiger partial charge in [0.05, 0.1) is 23.0 Å². The normalized spacial score (nSPS) is 13.1. The van der Waals surface area contributed by atoms with Gasteiger partial charge < -0.3 is 25.8 Å². The number of aryl methyl sites for hydroxylation is 3. The Bertz CT molecular complexity index is 1020. The highest BCUT2D eigenvalue weighted by Crippen LogP contribution is 2.23. The first kappa shape index (κ1) is 25.9. The van der Waals surface area contributed by atoms with E-state index >= 15 is 0 Å². The highest BCUT2D eigenvalue weighted by Gasteiger charge is 2.31. The van der Waals surface area contributed by atoms with Gasteiger partial charge in [0, 0.05) is 5.69 Å². The van der Waals surface area contributed by atoms with Crippen LogP contribution in [-0.4, -0.2) is 40.8 Å². The summed E-state index contributed by atoms with van der Waals surface area (Å²) in [4.78, 5) is 37.4. The van der Waals surface area contributed by atoms with Gasteiger partial charge in [-0.15, -0.1) is 0 Å². The summed E-state index contributed by atoms with van der Waals surface area (Å²) in [6.45, 7) is 12.8. The molecule has 0 fully saturated rings. The van der Waals surface area contributed by atoms with Crippen molar-refractivity contribution in [1.82, 2.24) is 5.32 Å². The standard InChI is InChI=1S/C25H33N3O5/c1-14-12-15(2)20(16(3)13-14)28-24(32)26-19-11-9-8-10-18(19)22(29)27-21(23(30)31)17(4)33-25(5,6)7/h8-13,17,21H,1-7H3,(H,27,29)(H,30,31)(H2,26,28,32)/t17-,21+/m1/s1. The number of rotatable bonds is 7. The molecule has 0 heterocycles. The molecule has 178 valence electrons. The molecule has 0 bridgehead atoms. The number of amides is 3. The molecule has 2 rings (SSSR count). The third-order valence-electron chi connectivity index (χ3n) is 4.90. The topological polar surface area (TPSA) is 117 Å². The first-order valence-electron chi connectivity index (χ1n) is 10.7. The van der Waals surface area contributed by atoms with Crippen molar-refractivity contribution in [3.63, 3.8) is 0 Å². The van der Waals surface area contributed by atoms with Crippen LogP contribution in [-0.2, 0) is 9.53 Å². The number of benzene rings is 2. The van der Waals surface area contributed by atoms with Gasteiger partial charge in [0.2, 0.25) is 0 Å². The first-order chi connectivity index (χ1) is 15.3. The Balaban J connectivity index is 2.19. The molecule has 4 N–H and O–H groups in total. The van der Waals surface area contributed by atoms with Crippen molar-refractivity contribution < 1.29 is 24.2 Å². The van der Waals surface area contributed by atoms with E-state index < -0.39 is 35.7 Å². The van der Waals surface area contributed by atoms with E-state index in [0.29, 0.717) is 5.69 Å². The number of carbonyl (C=O) groups excluding carboxylic acids is 2. The molecule has 0 aliphatic carbocycles. The summed E-state index contributed by atoms with van der Waals surface area (Å²) in [6.07, 6.45) is -0.776. The Morgan fingerprint density at radius 1 is 0.970 bits per heavy atom. The third kappa shape index (κ3) is 7.32. The summed E-state index contributed by atoms with van der Waals surface area (Å²) in [5, 5.41) is 17.6. The fraction of sp³-hybridized carbons (Fsp3) is 0.400. The molecule has 8 nitrogen and oxygen atoms in total. The van der Waals surface area contributed by atoms with Crippen LogP contribution in [0.5, 0.6) is 0 Å². The van der Waals surface area contributed by atoms with Gasteiger partial charge in [-0.05, 0) is 71.7 Å². The number of hydrogen-bond donors (Lipinski definition) is 4. The van der Waals surface area contributed by atoms with Crippen molar-refractivity contribution in [2.75, 3.05) is 10.6 Å². The number of carboxylic acids is 1. The van der Waals surface area contributed by atoms with Crippen molar-refractivity contribution in [3.8, 4) is 0 Å². The summed E-state index contributed by atoms with van der Waals surface area (Å²) in [5.41, 5.74) is 3.44. The quantitative estimate of drug-likeness (QED) is 0.485. The largest absolute Gasteiger partial charge is 0.480 e. The van der Waals surface area contributed by atoms with Crippen LogP contribution >= 0.6 is 0 Å². The lowest BCUT2D eigenvalue weighted by molar-refractivity contribution is -0.146. The number of aliphatic carboxylic acids is 1. The summed E-state index contributed by atoms with van der Waals surface area (Å²) in [7, 11) is 0. The zero-order chi connectivity index (χ0) is 24.9. The highest BCUT2D eigenvalue weighted by atomic mass is 16.5. The molecular formula is C25H33N3O5. The van der Waals surface area contributed by atoms with Gasteiger partial charge in [-0.2, -0.15) is 0 Å². The number of anilines is 2. The second kappa shape index (κ2) is 10.5. The number of para-hydroxylation sites is 1. The molecule has 0 aliphatic heterocycles. The predicted molar refractivity (Wildman–Crippen MR) is 129 cm³/mol. The minimum Gasteiger partial charge on any atom is -0.480 e. The zero-order valence-electron chi connectivity index (χ0n) is 20.2. The van der Waals surface area contributed by atoms with Gasteiger partial charge in [0.1, 0.15) is 0 Å². The van der Waals surface area contributed by atoms with Crippen molar-refractivity contribution in [3.05, 3.63) is 58.7 Å². The SMILES string of the molecule is Cc1cc(C)c(NC(=O)Nc2ccccc2C(=O)N[C@H](C(=O)O)[C@@H](C)OC(C)(C)C)c(C)c1. The zero-order valence-corrected chi connectivity index (χ0v) is 20.2. The molecule has 2 aromatic rings. The van der Waals surface area contributed by atoms with E-state index in [-0.39, 0.29) is 11.3 Å². The predicted octanol–water partition coefficient (Wildman–Crippen LogP) is 4.64. The van der Waals surface area contributed by atoms with Crippen molar-refractivity contribution in [2.24, 2.45) is 0 Å². The highest BCUT2D eigenvalue weighted by molar-refractivity contribution is 6.07. The van der Waals surface area contributed by atoms with Gasteiger partial charge in [0.25, 0.3) is 5.91 Å². The molecule has 0 aromatic heterocycles. The second-order valence-electron chi connectivity index (χ2n) is 9.12. The van der Waals surface area contributed by atoms with Crippen LogP contribution in [0.2, 0.25) is 0 Å². The Labute approximate surface area is 194 Å². The number of carbonyl (C=O) groups is 3. The van der Waals surface area contributed by atoms with Crippen LogP contribution in [0.15, 0.2) is 36.4 Å². The molecular weight excluding hydrogens is 422 g/mol. The molecule has 33 heavy (non-hydrogen) atoms. The van der Waals surface area contributed by atoms with Gasteiger partial charge in [-0.3, -0.25) is 4.79 Å². The maximum Gasteiger partial charge on any atom is 0.328 e. The Morgan fingerprint density at radius 2 is 1.55 bits per heavy atom. The van der Waals surface area contributed by atoms with Crippen molar-refractivity contribution >= 4 is 29.3 Å². The van der Waals surface area contributed by atoms with Gasteiger partial charge >= 0.3 is 12.0 Å². The molecule has 0 aliphatic rings. The number of ether oxygens (including phenoxy) is 1. The number of hydrogen-bond acceptors (Lipinski definition) is 4. The fourth-order valence-corrected chi connectivity index (χ4v) is 3.66. The number of urea groups is 1. The average molecular weight is 456 g/mol. The van der Waals surface area contributed by atoms with Crippen LogP contribution < -0.4 is 16.0 Å². The van der Waals surface area contributed by atoms with Crippen LogP contribution in [0.4, 0.5) is 16.2 Å². The number of carboxylic acid groups (broad SMARTS) is 1. The summed E-state index contributed by atoms with van der Waals surface area (Å²) >= 11 is 0. The lowest BCUT2D eigenvalue weighted by Crippen LogP contribution is -2.50. The molecule has 0 saturated heterocycles. The maximum atomic E-state index is 12.9. The fourth-order valence-electron chi connectivity index (χ4n) is 3.66. The van der Waals surface area contributed by atoms with Crippen molar-refractivity contribution in [2.45, 2.75) is 66.2 Å². The van der Waals surface area contributed by atoms with E-state index in [1.54, 1.807) is 45.9 Å². The lowest BCUT2D eigenvalue weighted by atomic mass is 10.1. The van der Waals surface area contributed by atoms with Gasteiger partial charge in [-0.25, -0.2) is 9.59 Å². The van der Waals surface area contributed by atoms with Crippen LogP contribution in [0.1, 0.15) is 54.7 Å². The molecule has 0 saturated carbocycles. The first-order valence-corrected chi connectivity index (χ1v) is 10.7. The molecule has 0 radical (unpaired) electrons. The lowest BCUT2D eigenvalue weighted by Gasteiger charge is -2.29. The summed E-state index contributed by atoms with van der Waals surface area (Å²) < 4.78 is 5.71. The van der Waals surface area contributed by atoms with Crippen LogP contribution in [0.25, 0.3) is 0 Å². The van der Waals surface area contributed by atoms with E-state index in [2.05, 4.69) is 16.0 Å². The van der Waals surface area contributed by atoms with Gasteiger partial charge in [0.15, 0.2) is 6.04 Å². The van der Waals surface area contributed by atoms with E-state index in [0.717, 1.165) is 16.7 Å². The Hall–Kier alpha value is -3.39. The van der Waals surface area contributed by atoms with E-state index in [9.17, 15) is 19.5 Å². The Morgan fingerprint density at radius 3 is 2.09 bits per heavy atom. The molecule has 8 heteroatoms. The van der Waals surface area contributed by atoms with E-state index in [4.69, 9.17) is 4.74 Å². The molecule has 0 spiro atoms. The third-order valence-corrected chi connectivity index (χ3v) is 4.90. The molecule has 2 atom stereocenters. The Kier molecular flexibility index (Phi) is 8.22. The summed E-state index contributed by atoms with van der Waals surface area (Å²) in [6, 6.07) is 8.57. The second-order valence-corrected chi connectivity index (χ2v) is 9.12. The summed E-state index contributed by atoms with van der Waals surface area (Å²) in [5.74, 6) is -1.85. The monoisotopic (exact) mass is 455 g/mol. The van der Waals surface area contributed by atoms with Crippen molar-refractivity contribution in [1.29, 1.82) is 0 Å². The molecule has 0 unspecified atom stereocenters. The number of nitrogens with one attached hydrogen (secondary N) is 3.